The zero-order chi connectivity index (χ0) is 21.8. The number of nitrogens with zero attached hydrogens (tertiary/aromatic N) is 3. The lowest BCUT2D eigenvalue weighted by Crippen LogP contribution is -2.39. The van der Waals surface area contributed by atoms with Crippen molar-refractivity contribution in [3.05, 3.63) is 96.6 Å². The molecule has 0 spiro atoms. The highest BCUT2D eigenvalue weighted by molar-refractivity contribution is 7.19. The summed E-state index contributed by atoms with van der Waals surface area (Å²) in [7, 11) is 0. The SMILES string of the molecule is CC1CCCN(C(=Nc2sc(-c3ccccc3)nc2-c2ccccc2)c2ccccc2)C1. The maximum absolute atomic E-state index is 5.31. The lowest BCUT2D eigenvalue weighted by molar-refractivity contribution is 0.274. The summed E-state index contributed by atoms with van der Waals surface area (Å²) in [4.78, 5) is 12.8. The van der Waals surface area contributed by atoms with Gasteiger partial charge in [0.2, 0.25) is 0 Å². The van der Waals surface area contributed by atoms with Gasteiger partial charge in [0.25, 0.3) is 0 Å². The van der Waals surface area contributed by atoms with Gasteiger partial charge in [0.1, 0.15) is 21.5 Å². The molecule has 32 heavy (non-hydrogen) atoms. The molecule has 0 amide bonds. The van der Waals surface area contributed by atoms with Crippen molar-refractivity contribution in [3.8, 4) is 21.8 Å². The van der Waals surface area contributed by atoms with Crippen LogP contribution < -0.4 is 0 Å². The minimum atomic E-state index is 0.674. The van der Waals surface area contributed by atoms with Crippen LogP contribution in [0.3, 0.4) is 0 Å². The van der Waals surface area contributed by atoms with Crippen molar-refractivity contribution in [1.82, 2.24) is 9.88 Å². The fraction of sp³-hybridized carbons (Fsp3) is 0.214. The van der Waals surface area contributed by atoms with Crippen LogP contribution in [-0.2, 0) is 0 Å². The monoisotopic (exact) mass is 437 g/mol. The first-order valence-corrected chi connectivity index (χ1v) is 12.1. The fourth-order valence-corrected chi connectivity index (χ4v) is 5.23. The number of rotatable bonds is 4. The van der Waals surface area contributed by atoms with Gasteiger partial charge in [0.05, 0.1) is 0 Å². The lowest BCUT2D eigenvalue weighted by atomic mass is 9.99. The summed E-state index contributed by atoms with van der Waals surface area (Å²) in [5.41, 5.74) is 4.34. The van der Waals surface area contributed by atoms with E-state index in [0.29, 0.717) is 5.92 Å². The van der Waals surface area contributed by atoms with E-state index < -0.39 is 0 Å². The summed E-state index contributed by atoms with van der Waals surface area (Å²) in [6, 6.07) is 31.4. The van der Waals surface area contributed by atoms with Crippen molar-refractivity contribution in [3.63, 3.8) is 0 Å². The van der Waals surface area contributed by atoms with Gasteiger partial charge in [0, 0.05) is 29.8 Å². The van der Waals surface area contributed by atoms with Crippen LogP contribution in [0.4, 0.5) is 5.00 Å². The molecule has 1 aromatic heterocycles. The number of aliphatic imine (C=N–C) groups is 1. The third kappa shape index (κ3) is 4.51. The number of piperidine rings is 1. The topological polar surface area (TPSA) is 28.5 Å². The predicted molar refractivity (Wildman–Crippen MR) is 136 cm³/mol. The Hall–Kier alpha value is -3.24. The van der Waals surface area contributed by atoms with Crippen molar-refractivity contribution in [1.29, 1.82) is 0 Å². The van der Waals surface area contributed by atoms with Crippen LogP contribution in [-0.4, -0.2) is 28.8 Å². The highest BCUT2D eigenvalue weighted by Gasteiger charge is 2.22. The van der Waals surface area contributed by atoms with Gasteiger partial charge in [0.15, 0.2) is 0 Å². The van der Waals surface area contributed by atoms with E-state index >= 15 is 0 Å². The highest BCUT2D eigenvalue weighted by Crippen LogP contribution is 2.40. The summed E-state index contributed by atoms with van der Waals surface area (Å²) in [5.74, 6) is 1.73. The Morgan fingerprint density at radius 1 is 0.875 bits per heavy atom. The number of benzene rings is 3. The third-order valence-electron chi connectivity index (χ3n) is 5.87. The molecular formula is C28H27N3S. The number of hydrogen-bond acceptors (Lipinski definition) is 3. The minimum absolute atomic E-state index is 0.674. The molecule has 0 bridgehead atoms. The average molecular weight is 438 g/mol. The molecule has 1 saturated heterocycles. The summed E-state index contributed by atoms with van der Waals surface area (Å²) in [6.45, 7) is 4.42. The van der Waals surface area contributed by atoms with Crippen LogP contribution in [0, 0.1) is 5.92 Å². The molecule has 160 valence electrons. The molecule has 1 aliphatic heterocycles. The predicted octanol–water partition coefficient (Wildman–Crippen LogP) is 7.29. The number of amidine groups is 1. The summed E-state index contributed by atoms with van der Waals surface area (Å²) in [6.07, 6.45) is 2.49. The van der Waals surface area contributed by atoms with Gasteiger partial charge in [-0.25, -0.2) is 9.98 Å². The number of hydrogen-bond donors (Lipinski definition) is 0. The van der Waals surface area contributed by atoms with Gasteiger partial charge in [-0.15, -0.1) is 0 Å². The van der Waals surface area contributed by atoms with Crippen LogP contribution in [0.1, 0.15) is 25.3 Å². The molecule has 2 heterocycles. The summed E-state index contributed by atoms with van der Waals surface area (Å²) < 4.78 is 0. The molecule has 3 nitrogen and oxygen atoms in total. The Morgan fingerprint density at radius 2 is 1.50 bits per heavy atom. The van der Waals surface area contributed by atoms with E-state index in [2.05, 4.69) is 90.7 Å². The van der Waals surface area contributed by atoms with Crippen LogP contribution in [0.15, 0.2) is 96.0 Å². The molecule has 0 aliphatic carbocycles. The van der Waals surface area contributed by atoms with E-state index in [0.717, 1.165) is 51.3 Å². The second-order valence-corrected chi connectivity index (χ2v) is 9.38. The maximum Gasteiger partial charge on any atom is 0.146 e. The van der Waals surface area contributed by atoms with E-state index in [1.807, 2.05) is 12.1 Å². The number of aromatic nitrogens is 1. The van der Waals surface area contributed by atoms with Crippen molar-refractivity contribution in [2.75, 3.05) is 13.1 Å². The molecule has 3 aromatic carbocycles. The molecule has 5 rings (SSSR count). The molecule has 0 radical (unpaired) electrons. The average Bonchev–Trinajstić information content (AvgIpc) is 3.28. The normalized spacial score (nSPS) is 16.8. The summed E-state index contributed by atoms with van der Waals surface area (Å²) in [5, 5.41) is 1.97. The van der Waals surface area contributed by atoms with Crippen molar-refractivity contribution < 1.29 is 0 Å². The standard InChI is InChI=1S/C28H27N3S/c1-21-12-11-19-31(20-21)26(23-15-7-3-8-16-23)30-28-25(22-13-5-2-6-14-22)29-27(32-28)24-17-9-4-10-18-24/h2-10,13-18,21H,11-12,19-20H2,1H3. The first-order valence-electron chi connectivity index (χ1n) is 11.3. The van der Waals surface area contributed by atoms with Crippen molar-refractivity contribution in [2.45, 2.75) is 19.8 Å². The molecule has 1 unspecified atom stereocenters. The molecule has 4 aromatic rings. The van der Waals surface area contributed by atoms with Crippen LogP contribution in [0.2, 0.25) is 0 Å². The Morgan fingerprint density at radius 3 is 2.16 bits per heavy atom. The Labute approximate surface area is 194 Å². The smallest absolute Gasteiger partial charge is 0.146 e. The molecule has 1 atom stereocenters. The number of thiazole rings is 1. The molecule has 0 N–H and O–H groups in total. The molecular weight excluding hydrogens is 410 g/mol. The third-order valence-corrected chi connectivity index (χ3v) is 6.87. The highest BCUT2D eigenvalue weighted by atomic mass is 32.1. The summed E-state index contributed by atoms with van der Waals surface area (Å²) >= 11 is 1.67. The zero-order valence-electron chi connectivity index (χ0n) is 18.3. The van der Waals surface area contributed by atoms with Crippen LogP contribution in [0.5, 0.6) is 0 Å². The second kappa shape index (κ2) is 9.49. The first-order chi connectivity index (χ1) is 15.8. The first kappa shape index (κ1) is 20.7. The van der Waals surface area contributed by atoms with Crippen LogP contribution in [0.25, 0.3) is 21.8 Å². The van der Waals surface area contributed by atoms with E-state index in [4.69, 9.17) is 9.98 Å². The molecule has 4 heteroatoms. The van der Waals surface area contributed by atoms with Gasteiger partial charge in [-0.2, -0.15) is 0 Å². The lowest BCUT2D eigenvalue weighted by Gasteiger charge is -2.33. The molecule has 1 aliphatic rings. The van der Waals surface area contributed by atoms with Gasteiger partial charge in [-0.1, -0.05) is 109 Å². The maximum atomic E-state index is 5.31. The van der Waals surface area contributed by atoms with E-state index in [1.165, 1.54) is 12.8 Å². The molecule has 1 fully saturated rings. The zero-order valence-corrected chi connectivity index (χ0v) is 19.1. The van der Waals surface area contributed by atoms with E-state index in [1.54, 1.807) is 11.3 Å². The minimum Gasteiger partial charge on any atom is -0.356 e. The van der Waals surface area contributed by atoms with E-state index in [-0.39, 0.29) is 0 Å². The van der Waals surface area contributed by atoms with Gasteiger partial charge < -0.3 is 4.90 Å². The second-order valence-electron chi connectivity index (χ2n) is 8.40. The quantitative estimate of drug-likeness (QED) is 0.248. The molecule has 0 saturated carbocycles. The Bertz CT molecular complexity index is 1180. The van der Waals surface area contributed by atoms with Crippen molar-refractivity contribution >= 4 is 22.2 Å². The van der Waals surface area contributed by atoms with Gasteiger partial charge in [-0.05, 0) is 18.8 Å². The van der Waals surface area contributed by atoms with Gasteiger partial charge >= 0.3 is 0 Å². The Balaban J connectivity index is 1.65. The van der Waals surface area contributed by atoms with Crippen molar-refractivity contribution in [2.24, 2.45) is 10.9 Å². The fourth-order valence-electron chi connectivity index (χ4n) is 4.26. The number of likely N-dealkylation sites (tertiary alicyclic amines) is 1. The van der Waals surface area contributed by atoms with Crippen LogP contribution >= 0.6 is 11.3 Å². The Kier molecular flexibility index (Phi) is 6.13. The van der Waals surface area contributed by atoms with E-state index in [9.17, 15) is 0 Å². The van der Waals surface area contributed by atoms with Gasteiger partial charge in [-0.3, -0.25) is 0 Å². The largest absolute Gasteiger partial charge is 0.356 e.